The zero-order chi connectivity index (χ0) is 37.3. The van der Waals surface area contributed by atoms with E-state index < -0.39 is 41.5 Å². The Bertz CT molecular complexity index is 1370. The van der Waals surface area contributed by atoms with Crippen LogP contribution >= 0.6 is 0 Å². The van der Waals surface area contributed by atoms with Gasteiger partial charge in [-0.1, -0.05) is 77.4 Å². The number of amides is 4. The molecule has 3 rings (SSSR count). The molecule has 0 bridgehead atoms. The molecule has 50 heavy (non-hydrogen) atoms. The number of hydrogen-bond acceptors (Lipinski definition) is 7. The van der Waals surface area contributed by atoms with E-state index in [4.69, 9.17) is 4.74 Å². The van der Waals surface area contributed by atoms with Gasteiger partial charge in [0, 0.05) is 31.6 Å². The predicted octanol–water partition coefficient (Wildman–Crippen LogP) is 4.10. The van der Waals surface area contributed by atoms with Crippen LogP contribution in [0.1, 0.15) is 93.1 Å². The number of ether oxygens (including phenoxy) is 1. The molecule has 2 saturated heterocycles. The van der Waals surface area contributed by atoms with Crippen molar-refractivity contribution in [2.75, 3.05) is 27.2 Å². The summed E-state index contributed by atoms with van der Waals surface area (Å²) < 4.78 is 4.97. The number of hydrogen-bond donors (Lipinski definition) is 2. The van der Waals surface area contributed by atoms with Gasteiger partial charge >= 0.3 is 5.97 Å². The van der Waals surface area contributed by atoms with Crippen LogP contribution in [0.5, 0.6) is 0 Å². The van der Waals surface area contributed by atoms with Crippen molar-refractivity contribution in [3.63, 3.8) is 0 Å². The largest absolute Gasteiger partial charge is 0.467 e. The maximum atomic E-state index is 14.2. The van der Waals surface area contributed by atoms with Crippen molar-refractivity contribution in [2.24, 2.45) is 11.3 Å². The fraction of sp³-hybridized carbons (Fsp3) is 0.667. The molecule has 5 unspecified atom stereocenters. The Kier molecular flexibility index (Phi) is 14.6. The van der Waals surface area contributed by atoms with E-state index in [-0.39, 0.29) is 42.1 Å². The standard InChI is InChI=1S/C39H61N5O6/c1-25(2)32(42(9)37(48)33(39(6,7)8)41-35(46)30-19-14-15-21-43(30)26(3)4)23-27(5)36(47)44-22-16-20-31(44)34(45)40-29(38(49)50-10)24-28-17-12-11-13-18-28/h11-13,17-18,23,25-26,29-33H,14-16,19-22,24H2,1-10H3,(H,40,45)(H,41,46)/b27-23+. The Morgan fingerprint density at radius 1 is 0.920 bits per heavy atom. The van der Waals surface area contributed by atoms with Gasteiger partial charge in [0.05, 0.1) is 19.2 Å². The Morgan fingerprint density at radius 3 is 2.12 bits per heavy atom. The summed E-state index contributed by atoms with van der Waals surface area (Å²) in [5, 5.41) is 5.95. The SMILES string of the molecule is COC(=O)C(Cc1ccccc1)NC(=O)C1CCCN1C(=O)/C(C)=C/C(C(C)C)N(C)C(=O)C(NC(=O)C1CCCCN1C(C)C)C(C)(C)C. The second-order valence-corrected chi connectivity index (χ2v) is 15.6. The molecule has 0 aromatic heterocycles. The number of nitrogens with one attached hydrogen (secondary N) is 2. The third kappa shape index (κ3) is 10.4. The smallest absolute Gasteiger partial charge is 0.328 e. The molecule has 4 amide bonds. The van der Waals surface area contributed by atoms with Crippen molar-refractivity contribution in [1.82, 2.24) is 25.3 Å². The molecule has 2 heterocycles. The van der Waals surface area contributed by atoms with Gasteiger partial charge in [-0.2, -0.15) is 0 Å². The zero-order valence-electron chi connectivity index (χ0n) is 32.0. The molecule has 0 radical (unpaired) electrons. The molecule has 5 atom stereocenters. The highest BCUT2D eigenvalue weighted by atomic mass is 16.5. The summed E-state index contributed by atoms with van der Waals surface area (Å²) in [4.78, 5) is 73.3. The molecular weight excluding hydrogens is 634 g/mol. The van der Waals surface area contributed by atoms with Gasteiger partial charge in [0.25, 0.3) is 0 Å². The number of carbonyl (C=O) groups is 5. The van der Waals surface area contributed by atoms with Gasteiger partial charge in [-0.3, -0.25) is 24.1 Å². The van der Waals surface area contributed by atoms with Crippen LogP contribution in [0.3, 0.4) is 0 Å². The molecular formula is C39H61N5O6. The number of nitrogens with zero attached hydrogens (tertiary/aromatic N) is 3. The number of methoxy groups -OCH3 is 1. The number of likely N-dealkylation sites (N-methyl/N-ethyl adjacent to an activating group) is 1. The molecule has 1 aromatic carbocycles. The van der Waals surface area contributed by atoms with Crippen molar-refractivity contribution in [3.8, 4) is 0 Å². The Hall–Kier alpha value is -3.73. The third-order valence-corrected chi connectivity index (χ3v) is 10.0. The second kappa shape index (κ2) is 18.0. The number of benzene rings is 1. The minimum absolute atomic E-state index is 0.0470. The van der Waals surface area contributed by atoms with E-state index >= 15 is 0 Å². The second-order valence-electron chi connectivity index (χ2n) is 15.6. The van der Waals surface area contributed by atoms with Gasteiger partial charge in [0.2, 0.25) is 23.6 Å². The zero-order valence-corrected chi connectivity index (χ0v) is 32.0. The van der Waals surface area contributed by atoms with Crippen LogP contribution in [0, 0.1) is 11.3 Å². The van der Waals surface area contributed by atoms with Gasteiger partial charge in [0.15, 0.2) is 0 Å². The molecule has 2 aliphatic heterocycles. The summed E-state index contributed by atoms with van der Waals surface area (Å²) in [6.45, 7) is 17.0. The number of rotatable bonds is 13. The van der Waals surface area contributed by atoms with Crippen molar-refractivity contribution >= 4 is 29.6 Å². The fourth-order valence-corrected chi connectivity index (χ4v) is 7.13. The molecule has 11 heteroatoms. The first kappa shape index (κ1) is 40.7. The molecule has 2 N–H and O–H groups in total. The lowest BCUT2D eigenvalue weighted by molar-refractivity contribution is -0.146. The molecule has 2 aliphatic rings. The molecule has 0 spiro atoms. The van der Waals surface area contributed by atoms with Gasteiger partial charge < -0.3 is 25.2 Å². The van der Waals surface area contributed by atoms with E-state index in [9.17, 15) is 24.0 Å². The molecule has 0 saturated carbocycles. The molecule has 2 fully saturated rings. The molecule has 278 valence electrons. The minimum Gasteiger partial charge on any atom is -0.467 e. The van der Waals surface area contributed by atoms with Crippen molar-refractivity contribution < 1.29 is 28.7 Å². The van der Waals surface area contributed by atoms with Crippen LogP contribution in [0.2, 0.25) is 0 Å². The Balaban J connectivity index is 1.78. The first-order valence-electron chi connectivity index (χ1n) is 18.2. The van der Waals surface area contributed by atoms with Crippen LogP contribution < -0.4 is 10.6 Å². The summed E-state index contributed by atoms with van der Waals surface area (Å²) in [6, 6.07) is 6.46. The van der Waals surface area contributed by atoms with Gasteiger partial charge in [-0.25, -0.2) is 4.79 Å². The highest BCUT2D eigenvalue weighted by molar-refractivity contribution is 5.98. The van der Waals surface area contributed by atoms with Crippen LogP contribution in [-0.4, -0.2) is 108 Å². The Labute approximate surface area is 299 Å². The van der Waals surface area contributed by atoms with Crippen LogP contribution in [0.4, 0.5) is 0 Å². The maximum absolute atomic E-state index is 14.2. The summed E-state index contributed by atoms with van der Waals surface area (Å²) in [6.07, 6.45) is 5.97. The maximum Gasteiger partial charge on any atom is 0.328 e. The normalized spacial score (nSPS) is 20.6. The first-order valence-corrected chi connectivity index (χ1v) is 18.2. The van der Waals surface area contributed by atoms with Crippen LogP contribution in [-0.2, 0) is 35.1 Å². The Morgan fingerprint density at radius 2 is 1.54 bits per heavy atom. The van der Waals surface area contributed by atoms with E-state index in [1.54, 1.807) is 29.8 Å². The van der Waals surface area contributed by atoms with E-state index in [1.165, 1.54) is 7.11 Å². The van der Waals surface area contributed by atoms with E-state index in [0.717, 1.165) is 31.4 Å². The van der Waals surface area contributed by atoms with Crippen molar-refractivity contribution in [1.29, 1.82) is 0 Å². The van der Waals surface area contributed by atoms with Crippen LogP contribution in [0.25, 0.3) is 0 Å². The highest BCUT2D eigenvalue weighted by Gasteiger charge is 2.41. The van der Waals surface area contributed by atoms with Gasteiger partial charge in [-0.15, -0.1) is 0 Å². The quantitative estimate of drug-likeness (QED) is 0.235. The van der Waals surface area contributed by atoms with Crippen molar-refractivity contribution in [2.45, 2.75) is 130 Å². The topological polar surface area (TPSA) is 128 Å². The number of piperidine rings is 1. The average molecular weight is 696 g/mol. The molecule has 0 aliphatic carbocycles. The van der Waals surface area contributed by atoms with Crippen molar-refractivity contribution in [3.05, 3.63) is 47.5 Å². The summed E-state index contributed by atoms with van der Waals surface area (Å²) in [5.74, 6) is -1.64. The third-order valence-electron chi connectivity index (χ3n) is 10.0. The lowest BCUT2D eigenvalue weighted by Gasteiger charge is -2.41. The average Bonchev–Trinajstić information content (AvgIpc) is 3.58. The predicted molar refractivity (Wildman–Crippen MR) is 195 cm³/mol. The summed E-state index contributed by atoms with van der Waals surface area (Å²) >= 11 is 0. The fourth-order valence-electron chi connectivity index (χ4n) is 7.13. The molecule has 11 nitrogen and oxygen atoms in total. The van der Waals surface area contributed by atoms with Gasteiger partial charge in [-0.05, 0) is 69.9 Å². The summed E-state index contributed by atoms with van der Waals surface area (Å²) in [5.41, 5.74) is 0.732. The minimum atomic E-state index is -0.892. The van der Waals surface area contributed by atoms with E-state index in [2.05, 4.69) is 29.4 Å². The lowest BCUT2D eigenvalue weighted by atomic mass is 9.84. The lowest BCUT2D eigenvalue weighted by Crippen LogP contribution is -2.60. The summed E-state index contributed by atoms with van der Waals surface area (Å²) in [7, 11) is 3.01. The van der Waals surface area contributed by atoms with Crippen LogP contribution in [0.15, 0.2) is 42.0 Å². The van der Waals surface area contributed by atoms with E-state index in [1.807, 2.05) is 65.0 Å². The molecule has 1 aromatic rings. The number of likely N-dealkylation sites (tertiary alicyclic amines) is 2. The van der Waals surface area contributed by atoms with Gasteiger partial charge in [0.1, 0.15) is 18.1 Å². The van der Waals surface area contributed by atoms with E-state index in [0.29, 0.717) is 25.0 Å². The monoisotopic (exact) mass is 695 g/mol. The first-order chi connectivity index (χ1) is 23.5. The number of esters is 1. The highest BCUT2D eigenvalue weighted by Crippen LogP contribution is 2.27. The number of carbonyl (C=O) groups excluding carboxylic acids is 5.